The highest BCUT2D eigenvalue weighted by atomic mass is 15.2. The average molecular weight is 274 g/mol. The van der Waals surface area contributed by atoms with Gasteiger partial charge in [0.1, 0.15) is 0 Å². The monoisotopic (exact) mass is 274 g/mol. The van der Waals surface area contributed by atoms with Crippen LogP contribution < -0.4 is 5.73 Å². The van der Waals surface area contributed by atoms with Crippen molar-refractivity contribution in [3.05, 3.63) is 35.9 Å². The van der Waals surface area contributed by atoms with E-state index < -0.39 is 0 Å². The number of benzene rings is 1. The Bertz CT molecular complexity index is 421. The van der Waals surface area contributed by atoms with Crippen LogP contribution in [0.4, 0.5) is 0 Å². The highest BCUT2D eigenvalue weighted by Gasteiger charge is 2.27. The van der Waals surface area contributed by atoms with E-state index in [1.807, 2.05) is 6.07 Å². The Hall–Kier alpha value is -1.39. The van der Waals surface area contributed by atoms with Gasteiger partial charge in [0.2, 0.25) is 0 Å². The number of likely N-dealkylation sites (tertiary alicyclic amines) is 1. The average Bonchev–Trinajstić information content (AvgIpc) is 2.45. The van der Waals surface area contributed by atoms with E-state index in [0.717, 1.165) is 13.1 Å². The number of nitrogens with zero attached hydrogens (tertiary/aromatic N) is 2. The molecule has 0 radical (unpaired) electrons. The Morgan fingerprint density at radius 1 is 1.30 bits per heavy atom. The minimum atomic E-state index is 0.247. The van der Waals surface area contributed by atoms with Crippen LogP contribution in [0.5, 0.6) is 0 Å². The van der Waals surface area contributed by atoms with Gasteiger partial charge in [-0.25, -0.2) is 0 Å². The molecule has 2 rings (SSSR count). The second-order valence-corrected chi connectivity index (χ2v) is 5.89. The van der Waals surface area contributed by atoms with E-state index in [2.05, 4.69) is 48.2 Å². The number of nitrogens with two attached hydrogens (primary N) is 1. The minimum Gasteiger partial charge on any atom is -0.388 e. The summed E-state index contributed by atoms with van der Waals surface area (Å²) in [6, 6.07) is 11.4. The van der Waals surface area contributed by atoms with Gasteiger partial charge in [0.15, 0.2) is 0 Å². The second-order valence-electron chi connectivity index (χ2n) is 5.89. The summed E-state index contributed by atoms with van der Waals surface area (Å²) in [4.78, 5) is 4.80. The summed E-state index contributed by atoms with van der Waals surface area (Å²) in [6.45, 7) is 2.16. The molecule has 3 N–H and O–H groups in total. The molecule has 1 aromatic carbocycles. The fourth-order valence-corrected chi connectivity index (χ4v) is 3.06. The van der Waals surface area contributed by atoms with Crippen LogP contribution in [-0.2, 0) is 0 Å². The molecule has 0 saturated carbocycles. The molecule has 4 nitrogen and oxygen atoms in total. The minimum absolute atomic E-state index is 0.247. The van der Waals surface area contributed by atoms with Gasteiger partial charge in [-0.3, -0.25) is 10.3 Å². The maximum atomic E-state index is 7.64. The lowest BCUT2D eigenvalue weighted by Crippen LogP contribution is -2.44. The first-order valence-electron chi connectivity index (χ1n) is 7.36. The van der Waals surface area contributed by atoms with Gasteiger partial charge in [-0.2, -0.15) is 0 Å². The van der Waals surface area contributed by atoms with Crippen LogP contribution in [0.25, 0.3) is 0 Å². The zero-order valence-electron chi connectivity index (χ0n) is 12.5. The van der Waals surface area contributed by atoms with E-state index in [9.17, 15) is 0 Å². The number of hydrogen-bond acceptors (Lipinski definition) is 3. The molecule has 1 aromatic rings. The van der Waals surface area contributed by atoms with Crippen molar-refractivity contribution in [2.45, 2.75) is 31.3 Å². The lowest BCUT2D eigenvalue weighted by atomic mass is 9.96. The summed E-state index contributed by atoms with van der Waals surface area (Å²) in [5, 5.41) is 7.64. The smallest absolute Gasteiger partial charge is 0.0924 e. The topological polar surface area (TPSA) is 56.4 Å². The summed E-state index contributed by atoms with van der Waals surface area (Å²) in [7, 11) is 4.31. The number of rotatable bonds is 5. The standard InChI is InChI=1S/C16H26N4/c1-19(2)14-8-10-20(11-9-14)15(12-16(17)18)13-6-4-3-5-7-13/h3-7,14-15H,8-12H2,1-2H3,(H3,17,18). The predicted molar refractivity (Wildman–Crippen MR) is 84.0 cm³/mol. The molecule has 4 heteroatoms. The summed E-state index contributed by atoms with van der Waals surface area (Å²) in [5.41, 5.74) is 6.93. The fraction of sp³-hybridized carbons (Fsp3) is 0.562. The van der Waals surface area contributed by atoms with Crippen molar-refractivity contribution in [1.29, 1.82) is 5.41 Å². The maximum absolute atomic E-state index is 7.64. The lowest BCUT2D eigenvalue weighted by molar-refractivity contribution is 0.110. The third-order valence-electron chi connectivity index (χ3n) is 4.27. The molecule has 0 spiro atoms. The molecule has 1 fully saturated rings. The molecule has 1 atom stereocenters. The van der Waals surface area contributed by atoms with Crippen LogP contribution >= 0.6 is 0 Å². The van der Waals surface area contributed by atoms with Crippen molar-refractivity contribution in [2.24, 2.45) is 5.73 Å². The number of nitrogens with one attached hydrogen (secondary N) is 1. The zero-order valence-corrected chi connectivity index (χ0v) is 12.5. The van der Waals surface area contributed by atoms with Gasteiger partial charge >= 0.3 is 0 Å². The molecular formula is C16H26N4. The molecule has 110 valence electrons. The van der Waals surface area contributed by atoms with Crippen LogP contribution in [0.3, 0.4) is 0 Å². The van der Waals surface area contributed by atoms with Crippen molar-refractivity contribution in [1.82, 2.24) is 9.80 Å². The van der Waals surface area contributed by atoms with E-state index in [-0.39, 0.29) is 11.9 Å². The van der Waals surface area contributed by atoms with Crippen LogP contribution in [0.15, 0.2) is 30.3 Å². The Kier molecular flexibility index (Phi) is 5.15. The summed E-state index contributed by atoms with van der Waals surface area (Å²) < 4.78 is 0. The molecule has 0 bridgehead atoms. The molecule has 20 heavy (non-hydrogen) atoms. The molecule has 1 aliphatic heterocycles. The van der Waals surface area contributed by atoms with E-state index in [1.54, 1.807) is 0 Å². The van der Waals surface area contributed by atoms with Gasteiger partial charge in [0, 0.05) is 31.6 Å². The fourth-order valence-electron chi connectivity index (χ4n) is 3.06. The zero-order chi connectivity index (χ0) is 14.5. The van der Waals surface area contributed by atoms with Gasteiger partial charge in [-0.1, -0.05) is 30.3 Å². The summed E-state index contributed by atoms with van der Waals surface area (Å²) in [6.07, 6.45) is 3.00. The molecule has 0 amide bonds. The Morgan fingerprint density at radius 2 is 1.90 bits per heavy atom. The molecule has 1 aliphatic rings. The van der Waals surface area contributed by atoms with E-state index in [1.165, 1.54) is 18.4 Å². The van der Waals surface area contributed by atoms with Crippen molar-refractivity contribution in [3.8, 4) is 0 Å². The van der Waals surface area contributed by atoms with E-state index in [4.69, 9.17) is 11.1 Å². The molecule has 0 aromatic heterocycles. The third kappa shape index (κ3) is 3.81. The molecule has 0 aliphatic carbocycles. The second kappa shape index (κ2) is 6.86. The highest BCUT2D eigenvalue weighted by Crippen LogP contribution is 2.28. The first kappa shape index (κ1) is 15.0. The predicted octanol–water partition coefficient (Wildman–Crippen LogP) is 2.08. The van der Waals surface area contributed by atoms with Gasteiger partial charge in [-0.05, 0) is 32.5 Å². The van der Waals surface area contributed by atoms with Crippen LogP contribution in [0.2, 0.25) is 0 Å². The lowest BCUT2D eigenvalue weighted by Gasteiger charge is -2.39. The number of piperidine rings is 1. The molecule has 1 heterocycles. The van der Waals surface area contributed by atoms with Gasteiger partial charge < -0.3 is 10.6 Å². The first-order chi connectivity index (χ1) is 9.58. The van der Waals surface area contributed by atoms with E-state index >= 15 is 0 Å². The first-order valence-corrected chi connectivity index (χ1v) is 7.36. The maximum Gasteiger partial charge on any atom is 0.0924 e. The Morgan fingerprint density at radius 3 is 2.40 bits per heavy atom. The van der Waals surface area contributed by atoms with Crippen LogP contribution in [0.1, 0.15) is 30.9 Å². The summed E-state index contributed by atoms with van der Waals surface area (Å²) in [5.74, 6) is 0.272. The van der Waals surface area contributed by atoms with Gasteiger partial charge in [0.05, 0.1) is 5.84 Å². The molecule has 1 unspecified atom stereocenters. The Balaban J connectivity index is 2.07. The van der Waals surface area contributed by atoms with Crippen LogP contribution in [-0.4, -0.2) is 48.9 Å². The van der Waals surface area contributed by atoms with Crippen molar-refractivity contribution < 1.29 is 0 Å². The molecular weight excluding hydrogens is 248 g/mol. The SMILES string of the molecule is CN(C)C1CCN(C(CC(=N)N)c2ccccc2)CC1. The Labute approximate surface area is 122 Å². The quantitative estimate of drug-likeness (QED) is 0.638. The largest absolute Gasteiger partial charge is 0.388 e. The highest BCUT2D eigenvalue weighted by molar-refractivity contribution is 5.77. The van der Waals surface area contributed by atoms with Gasteiger partial charge in [-0.15, -0.1) is 0 Å². The van der Waals surface area contributed by atoms with Gasteiger partial charge in [0.25, 0.3) is 0 Å². The number of hydrogen-bond donors (Lipinski definition) is 2. The summed E-state index contributed by atoms with van der Waals surface area (Å²) >= 11 is 0. The van der Waals surface area contributed by atoms with Crippen molar-refractivity contribution in [2.75, 3.05) is 27.2 Å². The van der Waals surface area contributed by atoms with Crippen molar-refractivity contribution >= 4 is 5.84 Å². The van der Waals surface area contributed by atoms with Crippen molar-refractivity contribution in [3.63, 3.8) is 0 Å². The van der Waals surface area contributed by atoms with Crippen LogP contribution in [0, 0.1) is 5.41 Å². The van der Waals surface area contributed by atoms with E-state index in [0.29, 0.717) is 12.5 Å². The normalized spacial score (nSPS) is 19.1. The molecule has 1 saturated heterocycles. The number of amidine groups is 1. The third-order valence-corrected chi connectivity index (χ3v) is 4.27.